The smallest absolute Gasteiger partial charge is 0.260 e. The summed E-state index contributed by atoms with van der Waals surface area (Å²) in [4.78, 5) is 28.0. The van der Waals surface area contributed by atoms with Crippen molar-refractivity contribution in [3.05, 3.63) is 88.4 Å². The van der Waals surface area contributed by atoms with Gasteiger partial charge in [-0.1, -0.05) is 52.3 Å². The van der Waals surface area contributed by atoms with Crippen molar-refractivity contribution in [1.82, 2.24) is 0 Å². The molecule has 1 aliphatic rings. The van der Waals surface area contributed by atoms with Crippen LogP contribution in [-0.4, -0.2) is 30.0 Å². The third kappa shape index (κ3) is 3.78. The van der Waals surface area contributed by atoms with E-state index in [-0.39, 0.29) is 0 Å². The van der Waals surface area contributed by atoms with Gasteiger partial charge in [0, 0.05) is 15.7 Å². The van der Waals surface area contributed by atoms with Crippen molar-refractivity contribution in [3.8, 4) is 5.75 Å². The first kappa shape index (κ1) is 22.0. The van der Waals surface area contributed by atoms with Gasteiger partial charge in [-0.05, 0) is 48.9 Å². The average molecular weight is 495 g/mol. The first-order valence-electron chi connectivity index (χ1n) is 10.1. The van der Waals surface area contributed by atoms with Crippen LogP contribution < -0.4 is 15.0 Å². The van der Waals surface area contributed by atoms with Crippen LogP contribution in [0.3, 0.4) is 0 Å². The van der Waals surface area contributed by atoms with Gasteiger partial charge >= 0.3 is 0 Å². The molecule has 0 radical (unpaired) electrons. The zero-order valence-electron chi connectivity index (χ0n) is 17.7. The number of nitrogens with zero attached hydrogens (tertiary/aromatic N) is 1. The number of ketones is 1. The third-order valence-electron chi connectivity index (χ3n) is 5.67. The maximum Gasteiger partial charge on any atom is 0.260 e. The number of nitrogens with one attached hydrogen (secondary N) is 1. The van der Waals surface area contributed by atoms with Crippen LogP contribution in [0.4, 0.5) is 11.4 Å². The van der Waals surface area contributed by atoms with E-state index in [4.69, 9.17) is 4.74 Å². The zero-order chi connectivity index (χ0) is 22.9. The molecule has 164 valence electrons. The fourth-order valence-corrected chi connectivity index (χ4v) is 4.43. The number of fused-ring (bicyclic) bond motifs is 1. The van der Waals surface area contributed by atoms with Gasteiger partial charge in [0.05, 0.1) is 19.3 Å². The van der Waals surface area contributed by atoms with Crippen LogP contribution in [0.2, 0.25) is 0 Å². The minimum absolute atomic E-state index is 0.305. The van der Waals surface area contributed by atoms with Crippen LogP contribution in [-0.2, 0) is 21.7 Å². The highest BCUT2D eigenvalue weighted by molar-refractivity contribution is 9.10. The van der Waals surface area contributed by atoms with E-state index in [9.17, 15) is 14.7 Å². The molecule has 0 aliphatic carbocycles. The Morgan fingerprint density at radius 1 is 1.12 bits per heavy atom. The predicted molar refractivity (Wildman–Crippen MR) is 127 cm³/mol. The van der Waals surface area contributed by atoms with Crippen molar-refractivity contribution in [2.45, 2.75) is 25.1 Å². The molecule has 7 heteroatoms. The van der Waals surface area contributed by atoms with Crippen molar-refractivity contribution in [2.75, 3.05) is 17.3 Å². The first-order chi connectivity index (χ1) is 15.4. The molecule has 0 bridgehead atoms. The van der Waals surface area contributed by atoms with Crippen molar-refractivity contribution in [3.63, 3.8) is 0 Å². The SMILES string of the molecule is COc1ccc(N[C@]2([C@@H](O)C(C)=O)C(=O)N(Cc3ccccc3)c3cc(Br)ccc32)cc1. The number of hydrogen-bond acceptors (Lipinski definition) is 5. The van der Waals surface area contributed by atoms with Gasteiger partial charge in [-0.15, -0.1) is 0 Å². The Morgan fingerprint density at radius 3 is 2.44 bits per heavy atom. The molecule has 0 unspecified atom stereocenters. The number of hydrogen-bond donors (Lipinski definition) is 2. The van der Waals surface area contributed by atoms with Gasteiger partial charge < -0.3 is 20.1 Å². The van der Waals surface area contributed by atoms with Gasteiger partial charge in [-0.3, -0.25) is 9.59 Å². The summed E-state index contributed by atoms with van der Waals surface area (Å²) in [5, 5.41) is 14.3. The van der Waals surface area contributed by atoms with E-state index in [0.717, 1.165) is 10.0 Å². The number of rotatable bonds is 7. The van der Waals surface area contributed by atoms with Gasteiger partial charge in [0.25, 0.3) is 5.91 Å². The molecular formula is C25H23BrN2O4. The van der Waals surface area contributed by atoms with E-state index in [2.05, 4.69) is 21.2 Å². The van der Waals surface area contributed by atoms with E-state index in [0.29, 0.717) is 29.2 Å². The summed E-state index contributed by atoms with van der Waals surface area (Å²) in [6.45, 7) is 1.59. The van der Waals surface area contributed by atoms with Crippen LogP contribution in [0.25, 0.3) is 0 Å². The number of aliphatic hydroxyl groups excluding tert-OH is 1. The van der Waals surface area contributed by atoms with Gasteiger partial charge in [0.2, 0.25) is 0 Å². The van der Waals surface area contributed by atoms with Crippen molar-refractivity contribution < 1.29 is 19.4 Å². The average Bonchev–Trinajstić information content (AvgIpc) is 3.02. The molecule has 0 saturated carbocycles. The van der Waals surface area contributed by atoms with Crippen LogP contribution >= 0.6 is 15.9 Å². The summed E-state index contributed by atoms with van der Waals surface area (Å²) in [6.07, 6.45) is -1.59. The van der Waals surface area contributed by atoms with Crippen LogP contribution in [0.15, 0.2) is 77.3 Å². The maximum absolute atomic E-state index is 14.0. The number of anilines is 2. The van der Waals surface area contributed by atoms with Crippen LogP contribution in [0.5, 0.6) is 5.75 Å². The highest BCUT2D eigenvalue weighted by Gasteiger charge is 2.57. The highest BCUT2D eigenvalue weighted by Crippen LogP contribution is 2.46. The molecule has 6 nitrogen and oxygen atoms in total. The van der Waals surface area contributed by atoms with Crippen LogP contribution in [0, 0.1) is 0 Å². The number of carbonyl (C=O) groups excluding carboxylic acids is 2. The topological polar surface area (TPSA) is 78.9 Å². The lowest BCUT2D eigenvalue weighted by molar-refractivity contribution is -0.136. The molecule has 2 N–H and O–H groups in total. The number of aliphatic hydroxyl groups is 1. The quantitative estimate of drug-likeness (QED) is 0.512. The molecular weight excluding hydrogens is 472 g/mol. The summed E-state index contributed by atoms with van der Waals surface area (Å²) in [6, 6.07) is 22.0. The molecule has 0 fully saturated rings. The Morgan fingerprint density at radius 2 is 1.81 bits per heavy atom. The Hall–Kier alpha value is -3.16. The maximum atomic E-state index is 14.0. The van der Waals surface area contributed by atoms with E-state index in [1.165, 1.54) is 6.92 Å². The van der Waals surface area contributed by atoms with Crippen molar-refractivity contribution in [2.24, 2.45) is 0 Å². The summed E-state index contributed by atoms with van der Waals surface area (Å²) in [7, 11) is 1.57. The van der Waals surface area contributed by atoms with Crippen molar-refractivity contribution >= 4 is 39.0 Å². The molecule has 3 aromatic carbocycles. The monoisotopic (exact) mass is 494 g/mol. The Labute approximate surface area is 195 Å². The van der Waals surface area contributed by atoms with E-state index >= 15 is 0 Å². The molecule has 0 saturated heterocycles. The number of benzene rings is 3. The lowest BCUT2D eigenvalue weighted by Gasteiger charge is -2.34. The second kappa shape index (κ2) is 8.76. The standard InChI is InChI=1S/C25H23BrN2O4/c1-16(29)23(30)25(27-19-9-11-20(32-2)12-10-19)21-13-8-18(26)14-22(21)28(24(25)31)15-17-6-4-3-5-7-17/h3-14,23,27,30H,15H2,1-2H3/t23-,25+/m0/s1. The molecule has 0 aromatic heterocycles. The molecule has 1 aliphatic heterocycles. The molecule has 32 heavy (non-hydrogen) atoms. The zero-order valence-corrected chi connectivity index (χ0v) is 19.3. The molecule has 3 aromatic rings. The number of Topliss-reactive ketones (excluding diaryl/α,β-unsaturated/α-hetero) is 1. The van der Waals surface area contributed by atoms with Gasteiger partial charge in [-0.25, -0.2) is 0 Å². The molecule has 4 rings (SSSR count). The van der Waals surface area contributed by atoms with E-state index < -0.39 is 23.3 Å². The molecule has 1 heterocycles. The Bertz CT molecular complexity index is 1150. The summed E-state index contributed by atoms with van der Waals surface area (Å²) < 4.78 is 6.00. The number of ether oxygens (including phenoxy) is 1. The normalized spacial score (nSPS) is 18.2. The first-order valence-corrected chi connectivity index (χ1v) is 10.9. The Balaban J connectivity index is 1.86. The lowest BCUT2D eigenvalue weighted by Crippen LogP contribution is -2.56. The number of methoxy groups -OCH3 is 1. The minimum Gasteiger partial charge on any atom is -0.497 e. The second-order valence-corrected chi connectivity index (χ2v) is 8.63. The third-order valence-corrected chi connectivity index (χ3v) is 6.16. The number of amides is 1. The van der Waals surface area contributed by atoms with E-state index in [1.54, 1.807) is 48.4 Å². The van der Waals surface area contributed by atoms with Gasteiger partial charge in [-0.2, -0.15) is 0 Å². The van der Waals surface area contributed by atoms with Crippen molar-refractivity contribution in [1.29, 1.82) is 0 Å². The fourth-order valence-electron chi connectivity index (χ4n) is 4.08. The second-order valence-electron chi connectivity index (χ2n) is 7.71. The predicted octanol–water partition coefficient (Wildman–Crippen LogP) is 4.26. The highest BCUT2D eigenvalue weighted by atomic mass is 79.9. The minimum atomic E-state index is -1.66. The number of carbonyl (C=O) groups is 2. The van der Waals surface area contributed by atoms with Gasteiger partial charge in [0.15, 0.2) is 11.3 Å². The molecule has 1 amide bonds. The Kier molecular flexibility index (Phi) is 6.04. The summed E-state index contributed by atoms with van der Waals surface area (Å²) in [5.41, 5.74) is 1.03. The lowest BCUT2D eigenvalue weighted by atomic mass is 9.83. The van der Waals surface area contributed by atoms with E-state index in [1.807, 2.05) is 36.4 Å². The fraction of sp³-hybridized carbons (Fsp3) is 0.200. The van der Waals surface area contributed by atoms with Gasteiger partial charge in [0.1, 0.15) is 11.9 Å². The largest absolute Gasteiger partial charge is 0.497 e. The molecule has 0 spiro atoms. The molecule has 2 atom stereocenters. The van der Waals surface area contributed by atoms with Crippen LogP contribution in [0.1, 0.15) is 18.1 Å². The summed E-state index contributed by atoms with van der Waals surface area (Å²) in [5.74, 6) is -0.243. The number of halogens is 1. The summed E-state index contributed by atoms with van der Waals surface area (Å²) >= 11 is 3.48.